The lowest BCUT2D eigenvalue weighted by Crippen LogP contribution is -2.33. The van der Waals surface area contributed by atoms with Gasteiger partial charge in [-0.2, -0.15) is 5.10 Å². The summed E-state index contributed by atoms with van der Waals surface area (Å²) < 4.78 is 6.42. The minimum absolute atomic E-state index is 0.393. The van der Waals surface area contributed by atoms with E-state index < -0.39 is 12.0 Å². The molecule has 2 aromatic rings. The van der Waals surface area contributed by atoms with Gasteiger partial charge in [0.15, 0.2) is 0 Å². The lowest BCUT2D eigenvalue weighted by molar-refractivity contribution is -0.142. The van der Waals surface area contributed by atoms with E-state index in [9.17, 15) is 4.79 Å². The molecule has 5 heteroatoms. The molecule has 0 amide bonds. The van der Waals surface area contributed by atoms with Gasteiger partial charge in [0, 0.05) is 13.2 Å². The van der Waals surface area contributed by atoms with Crippen molar-refractivity contribution in [1.82, 2.24) is 9.78 Å². The molecule has 2 rings (SSSR count). The van der Waals surface area contributed by atoms with Gasteiger partial charge in [-0.1, -0.05) is 24.3 Å². The summed E-state index contributed by atoms with van der Waals surface area (Å²) in [6.07, 6.45) is 2.23. The van der Waals surface area contributed by atoms with Crippen molar-refractivity contribution in [3.05, 3.63) is 42.1 Å². The van der Waals surface area contributed by atoms with Gasteiger partial charge < -0.3 is 10.5 Å². The molecule has 19 heavy (non-hydrogen) atoms. The van der Waals surface area contributed by atoms with E-state index in [1.165, 1.54) is 7.11 Å². The SMILES string of the molecule is COC(=O)[C@@H](N)Cc1ccc(-c2ccnn2C)cc1. The van der Waals surface area contributed by atoms with E-state index in [1.807, 2.05) is 42.1 Å². The van der Waals surface area contributed by atoms with Crippen LogP contribution in [0.2, 0.25) is 0 Å². The van der Waals surface area contributed by atoms with Crippen LogP contribution < -0.4 is 5.73 Å². The number of nitrogens with zero attached hydrogens (tertiary/aromatic N) is 2. The molecule has 0 radical (unpaired) electrons. The summed E-state index contributed by atoms with van der Waals surface area (Å²) in [7, 11) is 3.24. The van der Waals surface area contributed by atoms with Crippen molar-refractivity contribution in [1.29, 1.82) is 0 Å². The molecule has 0 saturated carbocycles. The number of benzene rings is 1. The average molecular weight is 259 g/mol. The normalized spacial score (nSPS) is 12.2. The summed E-state index contributed by atoms with van der Waals surface area (Å²) in [6.45, 7) is 0. The minimum Gasteiger partial charge on any atom is -0.468 e. The first-order chi connectivity index (χ1) is 9.11. The largest absolute Gasteiger partial charge is 0.468 e. The zero-order valence-electron chi connectivity index (χ0n) is 11.0. The Balaban J connectivity index is 2.11. The monoisotopic (exact) mass is 259 g/mol. The van der Waals surface area contributed by atoms with Crippen molar-refractivity contribution in [2.24, 2.45) is 12.8 Å². The molecule has 0 fully saturated rings. The predicted molar refractivity (Wildman–Crippen MR) is 72.3 cm³/mol. The topological polar surface area (TPSA) is 70.1 Å². The zero-order valence-corrected chi connectivity index (χ0v) is 11.0. The second-order valence-corrected chi connectivity index (χ2v) is 4.37. The van der Waals surface area contributed by atoms with Gasteiger partial charge in [0.2, 0.25) is 0 Å². The van der Waals surface area contributed by atoms with E-state index in [0.717, 1.165) is 16.8 Å². The highest BCUT2D eigenvalue weighted by molar-refractivity contribution is 5.75. The lowest BCUT2D eigenvalue weighted by atomic mass is 10.0. The summed E-state index contributed by atoms with van der Waals surface area (Å²) in [5, 5.41) is 4.13. The smallest absolute Gasteiger partial charge is 0.322 e. The molecule has 0 unspecified atom stereocenters. The van der Waals surface area contributed by atoms with E-state index in [0.29, 0.717) is 6.42 Å². The van der Waals surface area contributed by atoms with Gasteiger partial charge in [-0.25, -0.2) is 0 Å². The van der Waals surface area contributed by atoms with Gasteiger partial charge >= 0.3 is 5.97 Å². The first-order valence-electron chi connectivity index (χ1n) is 6.02. The Morgan fingerprint density at radius 1 is 1.37 bits per heavy atom. The van der Waals surface area contributed by atoms with Crippen LogP contribution >= 0.6 is 0 Å². The molecule has 2 N–H and O–H groups in total. The van der Waals surface area contributed by atoms with Crippen LogP contribution in [-0.2, 0) is 23.0 Å². The van der Waals surface area contributed by atoms with Crippen molar-refractivity contribution < 1.29 is 9.53 Å². The number of carbonyl (C=O) groups is 1. The number of aromatic nitrogens is 2. The van der Waals surface area contributed by atoms with E-state index in [2.05, 4.69) is 9.84 Å². The summed E-state index contributed by atoms with van der Waals surface area (Å²) in [4.78, 5) is 11.3. The van der Waals surface area contributed by atoms with Crippen LogP contribution in [0.25, 0.3) is 11.3 Å². The standard InChI is InChI=1S/C14H17N3O2/c1-17-13(7-8-16-17)11-5-3-10(4-6-11)9-12(15)14(18)19-2/h3-8,12H,9,15H2,1-2H3/t12-/m0/s1. The number of hydrogen-bond acceptors (Lipinski definition) is 4. The van der Waals surface area contributed by atoms with Crippen LogP contribution in [0.5, 0.6) is 0 Å². The number of nitrogens with two attached hydrogens (primary N) is 1. The number of carbonyl (C=O) groups excluding carboxylic acids is 1. The highest BCUT2D eigenvalue weighted by Crippen LogP contribution is 2.19. The Labute approximate surface area is 112 Å². The number of rotatable bonds is 4. The third-order valence-corrected chi connectivity index (χ3v) is 3.03. The highest BCUT2D eigenvalue weighted by atomic mass is 16.5. The van der Waals surface area contributed by atoms with Crippen LogP contribution in [0.15, 0.2) is 36.5 Å². The number of methoxy groups -OCH3 is 1. The predicted octanol–water partition coefficient (Wildman–Crippen LogP) is 1.13. The summed E-state index contributed by atoms with van der Waals surface area (Å²) in [6, 6.07) is 9.26. The third kappa shape index (κ3) is 3.00. The fraction of sp³-hybridized carbons (Fsp3) is 0.286. The maximum atomic E-state index is 11.3. The fourth-order valence-corrected chi connectivity index (χ4v) is 1.96. The molecule has 1 aromatic heterocycles. The van der Waals surface area contributed by atoms with Crippen LogP contribution in [0.4, 0.5) is 0 Å². The molecule has 100 valence electrons. The zero-order chi connectivity index (χ0) is 13.8. The van der Waals surface area contributed by atoms with Crippen molar-refractivity contribution >= 4 is 5.97 Å². The van der Waals surface area contributed by atoms with E-state index in [-0.39, 0.29) is 0 Å². The van der Waals surface area contributed by atoms with Crippen molar-refractivity contribution in [3.63, 3.8) is 0 Å². The molecule has 0 aliphatic carbocycles. The first kappa shape index (κ1) is 13.3. The van der Waals surface area contributed by atoms with Crippen LogP contribution in [0.1, 0.15) is 5.56 Å². The van der Waals surface area contributed by atoms with Gasteiger partial charge in [-0.15, -0.1) is 0 Å². The number of aryl methyl sites for hydroxylation is 1. The molecule has 0 bridgehead atoms. The molecule has 1 heterocycles. The number of hydrogen-bond donors (Lipinski definition) is 1. The number of esters is 1. The van der Waals surface area contributed by atoms with Crippen LogP contribution in [-0.4, -0.2) is 28.9 Å². The van der Waals surface area contributed by atoms with Crippen molar-refractivity contribution in [2.75, 3.05) is 7.11 Å². The van der Waals surface area contributed by atoms with Gasteiger partial charge in [0.05, 0.1) is 12.8 Å². The lowest BCUT2D eigenvalue weighted by Gasteiger charge is -2.09. The Kier molecular flexibility index (Phi) is 3.97. The molecule has 0 spiro atoms. The van der Waals surface area contributed by atoms with E-state index in [4.69, 9.17) is 5.73 Å². The molecule has 0 aliphatic heterocycles. The minimum atomic E-state index is -0.618. The first-order valence-corrected chi connectivity index (χ1v) is 6.02. The third-order valence-electron chi connectivity index (χ3n) is 3.03. The average Bonchev–Trinajstić information content (AvgIpc) is 2.85. The molecular formula is C14H17N3O2. The Bertz CT molecular complexity index is 560. The summed E-state index contributed by atoms with van der Waals surface area (Å²) in [5.41, 5.74) is 8.86. The van der Waals surface area contributed by atoms with Gasteiger partial charge in [-0.05, 0) is 23.6 Å². The number of ether oxygens (including phenoxy) is 1. The van der Waals surface area contributed by atoms with Gasteiger partial charge in [0.1, 0.15) is 6.04 Å². The van der Waals surface area contributed by atoms with Crippen molar-refractivity contribution in [2.45, 2.75) is 12.5 Å². The maximum absolute atomic E-state index is 11.3. The summed E-state index contributed by atoms with van der Waals surface area (Å²) >= 11 is 0. The summed E-state index contributed by atoms with van der Waals surface area (Å²) in [5.74, 6) is -0.393. The van der Waals surface area contributed by atoms with E-state index in [1.54, 1.807) is 6.20 Å². The Morgan fingerprint density at radius 3 is 2.58 bits per heavy atom. The Morgan fingerprint density at radius 2 is 2.05 bits per heavy atom. The molecular weight excluding hydrogens is 242 g/mol. The molecule has 1 atom stereocenters. The van der Waals surface area contributed by atoms with E-state index >= 15 is 0 Å². The van der Waals surface area contributed by atoms with Gasteiger partial charge in [0.25, 0.3) is 0 Å². The Hall–Kier alpha value is -2.14. The maximum Gasteiger partial charge on any atom is 0.322 e. The second kappa shape index (κ2) is 5.67. The van der Waals surface area contributed by atoms with Crippen LogP contribution in [0.3, 0.4) is 0 Å². The molecule has 0 saturated heterocycles. The fourth-order valence-electron chi connectivity index (χ4n) is 1.96. The molecule has 5 nitrogen and oxygen atoms in total. The highest BCUT2D eigenvalue weighted by Gasteiger charge is 2.14. The van der Waals surface area contributed by atoms with Crippen molar-refractivity contribution in [3.8, 4) is 11.3 Å². The molecule has 1 aromatic carbocycles. The van der Waals surface area contributed by atoms with Crippen LogP contribution in [0, 0.1) is 0 Å². The quantitative estimate of drug-likeness (QED) is 0.836. The van der Waals surface area contributed by atoms with Gasteiger partial charge in [-0.3, -0.25) is 9.48 Å². The molecule has 0 aliphatic rings. The second-order valence-electron chi connectivity index (χ2n) is 4.37.